The Bertz CT molecular complexity index is 993. The molecule has 2 aliphatic heterocycles. The number of ether oxygens (including phenoxy) is 2. The van der Waals surface area contributed by atoms with Gasteiger partial charge in [0, 0.05) is 43.0 Å². The molecule has 4 rings (SSSR count). The Kier molecular flexibility index (Phi) is 4.23. The van der Waals surface area contributed by atoms with Crippen LogP contribution in [0.15, 0.2) is 24.3 Å². The zero-order valence-corrected chi connectivity index (χ0v) is 16.8. The van der Waals surface area contributed by atoms with Gasteiger partial charge in [0.15, 0.2) is 0 Å². The van der Waals surface area contributed by atoms with Gasteiger partial charge in [-0.15, -0.1) is 0 Å². The van der Waals surface area contributed by atoms with Crippen molar-refractivity contribution < 1.29 is 32.7 Å². The highest BCUT2D eigenvalue weighted by Crippen LogP contribution is 2.64. The average Bonchev–Trinajstić information content (AvgIpc) is 2.57. The fraction of sp³-hybridized carbons (Fsp3) is 0.300. The molecule has 0 spiro atoms. The molecule has 2 aliphatic rings. The Morgan fingerprint density at radius 3 is 1.71 bits per heavy atom. The van der Waals surface area contributed by atoms with E-state index in [0.717, 1.165) is 22.3 Å². The summed E-state index contributed by atoms with van der Waals surface area (Å²) < 4.78 is 35.0. The van der Waals surface area contributed by atoms with Crippen LogP contribution in [0.2, 0.25) is 0 Å². The minimum absolute atomic E-state index is 0.200. The second-order valence-corrected chi connectivity index (χ2v) is 8.98. The molecule has 8 heteroatoms. The van der Waals surface area contributed by atoms with Gasteiger partial charge in [-0.3, -0.25) is 9.59 Å². The van der Waals surface area contributed by atoms with Crippen molar-refractivity contribution in [2.45, 2.75) is 33.6 Å². The summed E-state index contributed by atoms with van der Waals surface area (Å²) >= 11 is 0. The van der Waals surface area contributed by atoms with Crippen LogP contribution in [0.5, 0.6) is 23.0 Å². The molecule has 2 aromatic rings. The summed E-state index contributed by atoms with van der Waals surface area (Å²) in [7, 11) is -3.45. The summed E-state index contributed by atoms with van der Waals surface area (Å²) in [4.78, 5) is 22.6. The highest BCUT2D eigenvalue weighted by molar-refractivity contribution is 7.55. The first kappa shape index (κ1) is 18.6. The van der Waals surface area contributed by atoms with Gasteiger partial charge >= 0.3 is 19.5 Å². The molecule has 0 aromatic heterocycles. The molecule has 0 unspecified atom stereocenters. The quantitative estimate of drug-likeness (QED) is 0.421. The van der Waals surface area contributed by atoms with E-state index in [4.69, 9.17) is 18.5 Å². The van der Waals surface area contributed by atoms with E-state index in [2.05, 4.69) is 0 Å². The summed E-state index contributed by atoms with van der Waals surface area (Å²) in [5.41, 5.74) is 3.25. The first-order valence-corrected chi connectivity index (χ1v) is 10.5. The van der Waals surface area contributed by atoms with Crippen molar-refractivity contribution in [3.8, 4) is 23.0 Å². The van der Waals surface area contributed by atoms with Gasteiger partial charge in [-0.2, -0.15) is 0 Å². The Morgan fingerprint density at radius 1 is 0.893 bits per heavy atom. The minimum Gasteiger partial charge on any atom is -0.426 e. The standard InChI is InChI=1S/C20H19O7P/c1-10-5-14-16-9-28(23,26-19(14)7-17(10)24-12(3)21)27-20-8-18(25-13(4)22)11(2)6-15(16)20/h5-8,16H,9H2,1-4H3. The maximum atomic E-state index is 13.2. The molecule has 2 bridgehead atoms. The maximum Gasteiger partial charge on any atom is 0.431 e. The van der Waals surface area contributed by atoms with Crippen molar-refractivity contribution >= 4 is 19.5 Å². The van der Waals surface area contributed by atoms with Gasteiger partial charge in [-0.1, -0.05) is 0 Å². The van der Waals surface area contributed by atoms with Crippen LogP contribution in [-0.2, 0) is 14.2 Å². The van der Waals surface area contributed by atoms with Gasteiger partial charge in [-0.05, 0) is 37.1 Å². The number of hydrogen-bond acceptors (Lipinski definition) is 7. The molecule has 0 radical (unpaired) electrons. The third kappa shape index (κ3) is 3.16. The smallest absolute Gasteiger partial charge is 0.426 e. The number of fused-ring (bicyclic) bond motifs is 6. The molecule has 0 aliphatic carbocycles. The molecule has 0 fully saturated rings. The zero-order valence-electron chi connectivity index (χ0n) is 15.9. The van der Waals surface area contributed by atoms with Gasteiger partial charge in [0.1, 0.15) is 23.0 Å². The lowest BCUT2D eigenvalue weighted by atomic mass is 9.89. The molecular weight excluding hydrogens is 383 g/mol. The summed E-state index contributed by atoms with van der Waals surface area (Å²) in [5, 5.41) is 0. The van der Waals surface area contributed by atoms with Gasteiger partial charge in [0.2, 0.25) is 0 Å². The number of benzene rings is 2. The molecule has 0 atom stereocenters. The van der Waals surface area contributed by atoms with Crippen molar-refractivity contribution in [2.24, 2.45) is 0 Å². The lowest BCUT2D eigenvalue weighted by Gasteiger charge is -2.37. The van der Waals surface area contributed by atoms with E-state index in [1.807, 2.05) is 26.0 Å². The van der Waals surface area contributed by atoms with Crippen LogP contribution in [0.1, 0.15) is 42.0 Å². The van der Waals surface area contributed by atoms with Crippen LogP contribution in [0.4, 0.5) is 0 Å². The van der Waals surface area contributed by atoms with Crippen LogP contribution in [0.3, 0.4) is 0 Å². The number of hydrogen-bond donors (Lipinski definition) is 0. The fourth-order valence-electron chi connectivity index (χ4n) is 3.60. The Balaban J connectivity index is 1.84. The molecule has 28 heavy (non-hydrogen) atoms. The number of carbonyl (C=O) groups is 2. The summed E-state index contributed by atoms with van der Waals surface area (Å²) in [6, 6.07) is 6.93. The van der Waals surface area contributed by atoms with E-state index in [-0.39, 0.29) is 12.1 Å². The Hall–Kier alpha value is -2.79. The van der Waals surface area contributed by atoms with E-state index < -0.39 is 19.5 Å². The number of aryl methyl sites for hydroxylation is 2. The Labute approximate surface area is 162 Å². The second kappa shape index (κ2) is 6.38. The summed E-state index contributed by atoms with van der Waals surface area (Å²) in [5.74, 6) is 0.402. The number of carbonyl (C=O) groups excluding carboxylic acids is 2. The van der Waals surface area contributed by atoms with Crippen molar-refractivity contribution in [3.63, 3.8) is 0 Å². The van der Waals surface area contributed by atoms with E-state index in [1.165, 1.54) is 13.8 Å². The lowest BCUT2D eigenvalue weighted by molar-refractivity contribution is -0.132. The molecule has 0 saturated heterocycles. The molecule has 7 nitrogen and oxygen atoms in total. The lowest BCUT2D eigenvalue weighted by Crippen LogP contribution is -2.25. The molecule has 0 amide bonds. The molecule has 2 heterocycles. The minimum atomic E-state index is -3.45. The average molecular weight is 402 g/mol. The van der Waals surface area contributed by atoms with E-state index in [1.54, 1.807) is 12.1 Å². The molecule has 2 aromatic carbocycles. The molecule has 0 N–H and O–H groups in total. The number of esters is 2. The molecule has 0 saturated carbocycles. The normalized spacial score (nSPS) is 21.5. The Morgan fingerprint density at radius 2 is 1.32 bits per heavy atom. The largest absolute Gasteiger partial charge is 0.431 e. The van der Waals surface area contributed by atoms with Crippen LogP contribution < -0.4 is 18.5 Å². The third-order valence-electron chi connectivity index (χ3n) is 4.75. The maximum absolute atomic E-state index is 13.2. The van der Waals surface area contributed by atoms with Crippen molar-refractivity contribution in [2.75, 3.05) is 6.16 Å². The van der Waals surface area contributed by atoms with Crippen molar-refractivity contribution in [1.29, 1.82) is 0 Å². The van der Waals surface area contributed by atoms with Gasteiger partial charge in [0.05, 0.1) is 6.16 Å². The first-order valence-electron chi connectivity index (χ1n) is 8.79. The topological polar surface area (TPSA) is 88.1 Å². The predicted molar refractivity (Wildman–Crippen MR) is 101 cm³/mol. The van der Waals surface area contributed by atoms with Crippen molar-refractivity contribution in [1.82, 2.24) is 0 Å². The van der Waals surface area contributed by atoms with Crippen molar-refractivity contribution in [3.05, 3.63) is 46.5 Å². The van der Waals surface area contributed by atoms with Crippen LogP contribution in [-0.4, -0.2) is 18.1 Å². The van der Waals surface area contributed by atoms with Gasteiger partial charge in [0.25, 0.3) is 0 Å². The first-order chi connectivity index (χ1) is 13.1. The zero-order chi connectivity index (χ0) is 20.2. The van der Waals surface area contributed by atoms with Gasteiger partial charge < -0.3 is 18.5 Å². The highest BCUT2D eigenvalue weighted by atomic mass is 31.2. The van der Waals surface area contributed by atoms with E-state index >= 15 is 0 Å². The van der Waals surface area contributed by atoms with Crippen LogP contribution >= 0.6 is 7.60 Å². The predicted octanol–water partition coefficient (Wildman–Crippen LogP) is 4.26. The van der Waals surface area contributed by atoms with E-state index in [9.17, 15) is 14.2 Å². The van der Waals surface area contributed by atoms with Gasteiger partial charge in [-0.25, -0.2) is 4.57 Å². The van der Waals surface area contributed by atoms with Crippen LogP contribution in [0, 0.1) is 13.8 Å². The van der Waals surface area contributed by atoms with E-state index in [0.29, 0.717) is 23.0 Å². The molecular formula is C20H19O7P. The monoisotopic (exact) mass is 402 g/mol. The highest BCUT2D eigenvalue weighted by Gasteiger charge is 2.46. The van der Waals surface area contributed by atoms with Crippen LogP contribution in [0.25, 0.3) is 0 Å². The summed E-state index contributed by atoms with van der Waals surface area (Å²) in [6.07, 6.45) is 0.214. The summed E-state index contributed by atoms with van der Waals surface area (Å²) in [6.45, 7) is 6.31. The second-order valence-electron chi connectivity index (χ2n) is 7.03. The number of rotatable bonds is 2. The molecule has 146 valence electrons. The third-order valence-corrected chi connectivity index (χ3v) is 6.52. The SMILES string of the molecule is CC(=O)Oc1cc2c(cc1C)C1CP(=O)(O2)Oc2cc(OC(C)=O)c(C)cc21. The fourth-order valence-corrected chi connectivity index (χ4v) is 5.54.